The SMILES string of the molecule is CCCCCCCC(CC(C(=O)O)C(=O)O)C(C)(C)C. The van der Waals surface area contributed by atoms with Crippen LogP contribution in [0.4, 0.5) is 0 Å². The van der Waals surface area contributed by atoms with Gasteiger partial charge in [-0.1, -0.05) is 59.8 Å². The summed E-state index contributed by atoms with van der Waals surface area (Å²) in [6, 6.07) is 0. The molecule has 0 aliphatic heterocycles. The van der Waals surface area contributed by atoms with E-state index in [0.717, 1.165) is 19.3 Å². The van der Waals surface area contributed by atoms with Crippen LogP contribution in [-0.2, 0) is 9.59 Å². The van der Waals surface area contributed by atoms with Crippen molar-refractivity contribution in [3.8, 4) is 0 Å². The van der Waals surface area contributed by atoms with Gasteiger partial charge in [-0.25, -0.2) is 0 Å². The molecule has 0 saturated heterocycles. The fraction of sp³-hybridized carbons (Fsp3) is 0.875. The molecule has 0 aliphatic carbocycles. The summed E-state index contributed by atoms with van der Waals surface area (Å²) in [7, 11) is 0. The topological polar surface area (TPSA) is 74.6 Å². The highest BCUT2D eigenvalue weighted by Gasteiger charge is 2.33. The Hall–Kier alpha value is -1.06. The second-order valence-electron chi connectivity index (χ2n) is 6.73. The minimum atomic E-state index is -1.28. The van der Waals surface area contributed by atoms with Gasteiger partial charge in [0.1, 0.15) is 0 Å². The molecule has 1 unspecified atom stereocenters. The first-order valence-electron chi connectivity index (χ1n) is 7.65. The minimum absolute atomic E-state index is 0.0616. The summed E-state index contributed by atoms with van der Waals surface area (Å²) < 4.78 is 0. The second-order valence-corrected chi connectivity index (χ2v) is 6.73. The monoisotopic (exact) mass is 286 g/mol. The first-order chi connectivity index (χ1) is 9.20. The van der Waals surface area contributed by atoms with Crippen molar-refractivity contribution in [2.24, 2.45) is 17.3 Å². The highest BCUT2D eigenvalue weighted by atomic mass is 16.4. The normalized spacial score (nSPS) is 13.4. The Morgan fingerprint density at radius 2 is 1.45 bits per heavy atom. The zero-order valence-corrected chi connectivity index (χ0v) is 13.3. The Kier molecular flexibility index (Phi) is 8.51. The van der Waals surface area contributed by atoms with Crippen LogP contribution in [0.15, 0.2) is 0 Å². The maximum Gasteiger partial charge on any atom is 0.317 e. The standard InChI is InChI=1S/C16H30O4/c1-5-6-7-8-9-10-12(16(2,3)4)11-13(14(17)18)15(19)20/h12-13H,5-11H2,1-4H3,(H,17,18)(H,19,20). The molecule has 0 rings (SSSR count). The van der Waals surface area contributed by atoms with Crippen LogP contribution in [0.25, 0.3) is 0 Å². The molecule has 0 fully saturated rings. The average Bonchev–Trinajstić information content (AvgIpc) is 2.29. The van der Waals surface area contributed by atoms with Crippen LogP contribution >= 0.6 is 0 Å². The van der Waals surface area contributed by atoms with E-state index in [1.165, 1.54) is 19.3 Å². The zero-order valence-electron chi connectivity index (χ0n) is 13.3. The van der Waals surface area contributed by atoms with Gasteiger partial charge in [-0.15, -0.1) is 0 Å². The molecular weight excluding hydrogens is 256 g/mol. The molecule has 0 heterocycles. The van der Waals surface area contributed by atoms with Gasteiger partial charge in [0.25, 0.3) is 0 Å². The van der Waals surface area contributed by atoms with E-state index in [-0.39, 0.29) is 17.8 Å². The van der Waals surface area contributed by atoms with Gasteiger partial charge in [0.05, 0.1) is 0 Å². The van der Waals surface area contributed by atoms with Gasteiger partial charge in [0, 0.05) is 0 Å². The van der Waals surface area contributed by atoms with E-state index >= 15 is 0 Å². The quantitative estimate of drug-likeness (QED) is 0.466. The Labute approximate surface area is 122 Å². The van der Waals surface area contributed by atoms with Crippen molar-refractivity contribution in [2.75, 3.05) is 0 Å². The van der Waals surface area contributed by atoms with E-state index in [4.69, 9.17) is 10.2 Å². The molecule has 0 bridgehead atoms. The van der Waals surface area contributed by atoms with Gasteiger partial charge >= 0.3 is 11.9 Å². The molecule has 0 aromatic carbocycles. The van der Waals surface area contributed by atoms with Crippen LogP contribution < -0.4 is 0 Å². The van der Waals surface area contributed by atoms with E-state index in [1.54, 1.807) is 0 Å². The largest absolute Gasteiger partial charge is 0.481 e. The molecule has 0 amide bonds. The molecule has 2 N–H and O–H groups in total. The van der Waals surface area contributed by atoms with Gasteiger partial charge in [-0.2, -0.15) is 0 Å². The molecule has 1 atom stereocenters. The Balaban J connectivity index is 4.49. The van der Waals surface area contributed by atoms with E-state index in [2.05, 4.69) is 27.7 Å². The maximum absolute atomic E-state index is 11.0. The first-order valence-corrected chi connectivity index (χ1v) is 7.65. The number of carboxylic acids is 2. The molecule has 0 saturated carbocycles. The van der Waals surface area contributed by atoms with Crippen LogP contribution in [0, 0.1) is 17.3 Å². The number of hydrogen-bond donors (Lipinski definition) is 2. The van der Waals surface area contributed by atoms with Gasteiger partial charge in [0.2, 0.25) is 0 Å². The highest BCUT2D eigenvalue weighted by Crippen LogP contribution is 2.35. The maximum atomic E-state index is 11.0. The van der Waals surface area contributed by atoms with Crippen molar-refractivity contribution in [1.29, 1.82) is 0 Å². The van der Waals surface area contributed by atoms with E-state index in [1.807, 2.05) is 0 Å². The summed E-state index contributed by atoms with van der Waals surface area (Å²) >= 11 is 0. The number of carboxylic acid groups (broad SMARTS) is 2. The molecule has 0 aromatic rings. The third kappa shape index (κ3) is 7.51. The van der Waals surface area contributed by atoms with Crippen molar-refractivity contribution in [2.45, 2.75) is 72.6 Å². The van der Waals surface area contributed by atoms with Crippen molar-refractivity contribution in [1.82, 2.24) is 0 Å². The summed E-state index contributed by atoms with van der Waals surface area (Å²) in [5, 5.41) is 18.0. The summed E-state index contributed by atoms with van der Waals surface area (Å²) in [6.45, 7) is 8.35. The van der Waals surface area contributed by atoms with Crippen LogP contribution in [0.1, 0.15) is 72.6 Å². The highest BCUT2D eigenvalue weighted by molar-refractivity contribution is 5.92. The number of carbonyl (C=O) groups is 2. The molecule has 0 aromatic heterocycles. The third-order valence-corrected chi connectivity index (χ3v) is 4.00. The summed E-state index contributed by atoms with van der Waals surface area (Å²) in [4.78, 5) is 22.1. The van der Waals surface area contributed by atoms with Crippen molar-refractivity contribution < 1.29 is 19.8 Å². The molecule has 4 heteroatoms. The molecule has 0 radical (unpaired) electrons. The molecule has 0 aliphatic rings. The van der Waals surface area contributed by atoms with Crippen LogP contribution in [0.5, 0.6) is 0 Å². The number of unbranched alkanes of at least 4 members (excludes halogenated alkanes) is 4. The lowest BCUT2D eigenvalue weighted by molar-refractivity contribution is -0.155. The van der Waals surface area contributed by atoms with Gasteiger partial charge in [-0.05, 0) is 24.2 Å². The zero-order chi connectivity index (χ0) is 15.8. The van der Waals surface area contributed by atoms with Crippen LogP contribution in [0.2, 0.25) is 0 Å². The van der Waals surface area contributed by atoms with E-state index in [0.29, 0.717) is 0 Å². The number of rotatable bonds is 10. The predicted molar refractivity (Wildman–Crippen MR) is 79.7 cm³/mol. The third-order valence-electron chi connectivity index (χ3n) is 4.00. The van der Waals surface area contributed by atoms with Crippen LogP contribution in [0.3, 0.4) is 0 Å². The van der Waals surface area contributed by atoms with E-state index < -0.39 is 17.9 Å². The lowest BCUT2D eigenvalue weighted by atomic mass is 9.73. The van der Waals surface area contributed by atoms with Crippen molar-refractivity contribution >= 4 is 11.9 Å². The van der Waals surface area contributed by atoms with Gasteiger partial charge in [-0.3, -0.25) is 9.59 Å². The average molecular weight is 286 g/mol. The fourth-order valence-corrected chi connectivity index (χ4v) is 2.49. The molecule has 118 valence electrons. The summed E-state index contributed by atoms with van der Waals surface area (Å²) in [5.74, 6) is -3.60. The molecule has 4 nitrogen and oxygen atoms in total. The smallest absolute Gasteiger partial charge is 0.317 e. The predicted octanol–water partition coefficient (Wildman–Crippen LogP) is 4.18. The van der Waals surface area contributed by atoms with Crippen molar-refractivity contribution in [3.05, 3.63) is 0 Å². The van der Waals surface area contributed by atoms with Gasteiger partial charge < -0.3 is 10.2 Å². The Morgan fingerprint density at radius 1 is 0.950 bits per heavy atom. The lowest BCUT2D eigenvalue weighted by Gasteiger charge is -2.32. The second kappa shape index (κ2) is 8.98. The molecular formula is C16H30O4. The lowest BCUT2D eigenvalue weighted by Crippen LogP contribution is -2.31. The number of aliphatic carboxylic acids is 2. The summed E-state index contributed by atoms with van der Waals surface area (Å²) in [6.07, 6.45) is 6.95. The minimum Gasteiger partial charge on any atom is -0.481 e. The Bertz CT molecular complexity index is 290. The van der Waals surface area contributed by atoms with Crippen molar-refractivity contribution in [3.63, 3.8) is 0 Å². The molecule has 20 heavy (non-hydrogen) atoms. The van der Waals surface area contributed by atoms with E-state index in [9.17, 15) is 9.59 Å². The number of hydrogen-bond acceptors (Lipinski definition) is 2. The van der Waals surface area contributed by atoms with Gasteiger partial charge in [0.15, 0.2) is 5.92 Å². The summed E-state index contributed by atoms with van der Waals surface area (Å²) in [5.41, 5.74) is -0.0616. The molecule has 0 spiro atoms. The first kappa shape index (κ1) is 18.9. The fourth-order valence-electron chi connectivity index (χ4n) is 2.49. The Morgan fingerprint density at radius 3 is 1.85 bits per heavy atom. The van der Waals surface area contributed by atoms with Crippen LogP contribution in [-0.4, -0.2) is 22.2 Å².